The first-order valence-corrected chi connectivity index (χ1v) is 4.06. The standard InChI is InChI=1S/C9H11F2NO2.ClH/c10-9(11)4-7(12)6-2-1-5(13)3-8(6)14;/h1-3,7,9,13-14H,4,12H2;1H/t7-;/m1./s1. The summed E-state index contributed by atoms with van der Waals surface area (Å²) < 4.78 is 23.9. The van der Waals surface area contributed by atoms with Gasteiger partial charge in [0.1, 0.15) is 11.5 Å². The van der Waals surface area contributed by atoms with Gasteiger partial charge in [-0.05, 0) is 6.07 Å². The summed E-state index contributed by atoms with van der Waals surface area (Å²) in [6.07, 6.45) is -3.03. The summed E-state index contributed by atoms with van der Waals surface area (Å²) in [5, 5.41) is 18.2. The van der Waals surface area contributed by atoms with Gasteiger partial charge in [-0.2, -0.15) is 0 Å². The lowest BCUT2D eigenvalue weighted by Gasteiger charge is -2.12. The van der Waals surface area contributed by atoms with E-state index in [1.54, 1.807) is 0 Å². The molecule has 0 unspecified atom stereocenters. The third kappa shape index (κ3) is 3.89. The molecule has 0 radical (unpaired) electrons. The molecule has 15 heavy (non-hydrogen) atoms. The van der Waals surface area contributed by atoms with E-state index in [1.165, 1.54) is 12.1 Å². The second-order valence-electron chi connectivity index (χ2n) is 2.98. The number of benzene rings is 1. The van der Waals surface area contributed by atoms with Gasteiger partial charge in [0.25, 0.3) is 0 Å². The molecule has 3 nitrogen and oxygen atoms in total. The molecule has 0 saturated heterocycles. The fraction of sp³-hybridized carbons (Fsp3) is 0.333. The Hall–Kier alpha value is -1.07. The van der Waals surface area contributed by atoms with Crippen LogP contribution in [-0.2, 0) is 0 Å². The Kier molecular flexibility index (Phi) is 5.32. The van der Waals surface area contributed by atoms with E-state index in [9.17, 15) is 13.9 Å². The van der Waals surface area contributed by atoms with Crippen LogP contribution in [-0.4, -0.2) is 16.6 Å². The molecule has 86 valence electrons. The lowest BCUT2D eigenvalue weighted by molar-refractivity contribution is 0.128. The molecule has 0 bridgehead atoms. The fourth-order valence-corrected chi connectivity index (χ4v) is 1.16. The van der Waals surface area contributed by atoms with E-state index in [-0.39, 0.29) is 29.5 Å². The van der Waals surface area contributed by atoms with Crippen molar-refractivity contribution in [1.82, 2.24) is 0 Å². The average molecular weight is 240 g/mol. The lowest BCUT2D eigenvalue weighted by atomic mass is 10.0. The molecule has 0 fully saturated rings. The predicted molar refractivity (Wildman–Crippen MR) is 54.6 cm³/mol. The van der Waals surface area contributed by atoms with E-state index in [2.05, 4.69) is 0 Å². The summed E-state index contributed by atoms with van der Waals surface area (Å²) in [7, 11) is 0. The van der Waals surface area contributed by atoms with Crippen LogP contribution in [0.2, 0.25) is 0 Å². The minimum atomic E-state index is -2.52. The van der Waals surface area contributed by atoms with Crippen LogP contribution in [0, 0.1) is 0 Å². The second kappa shape index (κ2) is 5.72. The first kappa shape index (κ1) is 13.9. The largest absolute Gasteiger partial charge is 0.508 e. The van der Waals surface area contributed by atoms with Crippen molar-refractivity contribution in [2.45, 2.75) is 18.9 Å². The molecule has 0 aliphatic rings. The average Bonchev–Trinajstić information content (AvgIpc) is 2.01. The van der Waals surface area contributed by atoms with E-state index in [0.717, 1.165) is 6.07 Å². The van der Waals surface area contributed by atoms with Crippen molar-refractivity contribution in [2.75, 3.05) is 0 Å². The SMILES string of the molecule is Cl.N[C@H](CC(F)F)c1ccc(O)cc1O. The Morgan fingerprint density at radius 1 is 1.27 bits per heavy atom. The molecule has 0 saturated carbocycles. The molecule has 1 aromatic rings. The zero-order chi connectivity index (χ0) is 10.7. The van der Waals surface area contributed by atoms with Gasteiger partial charge >= 0.3 is 0 Å². The molecule has 0 aliphatic heterocycles. The smallest absolute Gasteiger partial charge is 0.240 e. The van der Waals surface area contributed by atoms with Crippen LogP contribution in [0.4, 0.5) is 8.78 Å². The van der Waals surface area contributed by atoms with E-state index in [1.807, 2.05) is 0 Å². The molecule has 1 aromatic carbocycles. The van der Waals surface area contributed by atoms with Crippen LogP contribution >= 0.6 is 12.4 Å². The summed E-state index contributed by atoms with van der Waals surface area (Å²) in [6.45, 7) is 0. The molecular weight excluding hydrogens is 228 g/mol. The summed E-state index contributed by atoms with van der Waals surface area (Å²) in [6, 6.07) is 2.77. The van der Waals surface area contributed by atoms with Crippen molar-refractivity contribution >= 4 is 12.4 Å². The van der Waals surface area contributed by atoms with Crippen molar-refractivity contribution in [2.24, 2.45) is 5.73 Å². The highest BCUT2D eigenvalue weighted by molar-refractivity contribution is 5.85. The number of phenolic OH excluding ortho intramolecular Hbond substituents is 2. The van der Waals surface area contributed by atoms with E-state index in [0.29, 0.717) is 0 Å². The van der Waals surface area contributed by atoms with Gasteiger partial charge in [0.15, 0.2) is 0 Å². The summed E-state index contributed by atoms with van der Waals surface area (Å²) in [5.41, 5.74) is 5.64. The Labute approximate surface area is 91.9 Å². The summed E-state index contributed by atoms with van der Waals surface area (Å²) in [5.74, 6) is -0.395. The van der Waals surface area contributed by atoms with Gasteiger partial charge in [0, 0.05) is 24.1 Å². The van der Waals surface area contributed by atoms with E-state index in [4.69, 9.17) is 10.8 Å². The predicted octanol–water partition coefficient (Wildman–Crippen LogP) is 2.17. The monoisotopic (exact) mass is 239 g/mol. The van der Waals surface area contributed by atoms with Crippen molar-refractivity contribution in [3.05, 3.63) is 23.8 Å². The number of aromatic hydroxyl groups is 2. The van der Waals surface area contributed by atoms with E-state index >= 15 is 0 Å². The van der Waals surface area contributed by atoms with Gasteiger partial charge in [-0.3, -0.25) is 0 Å². The van der Waals surface area contributed by atoms with Gasteiger partial charge in [-0.25, -0.2) is 8.78 Å². The molecule has 6 heteroatoms. The number of phenols is 2. The second-order valence-corrected chi connectivity index (χ2v) is 2.98. The number of hydrogen-bond donors (Lipinski definition) is 3. The molecular formula is C9H12ClF2NO2. The lowest BCUT2D eigenvalue weighted by Crippen LogP contribution is -2.13. The topological polar surface area (TPSA) is 66.5 Å². The van der Waals surface area contributed by atoms with Gasteiger partial charge < -0.3 is 15.9 Å². The first-order chi connectivity index (χ1) is 6.50. The van der Waals surface area contributed by atoms with E-state index < -0.39 is 18.9 Å². The molecule has 1 rings (SSSR count). The Balaban J connectivity index is 0.00000196. The molecule has 0 amide bonds. The molecule has 1 atom stereocenters. The van der Waals surface area contributed by atoms with Crippen LogP contribution in [0.15, 0.2) is 18.2 Å². The summed E-state index contributed by atoms with van der Waals surface area (Å²) in [4.78, 5) is 0. The maximum absolute atomic E-state index is 12.0. The van der Waals surface area contributed by atoms with Crippen LogP contribution < -0.4 is 5.73 Å². The Morgan fingerprint density at radius 2 is 1.87 bits per heavy atom. The van der Waals surface area contributed by atoms with Crippen molar-refractivity contribution in [3.63, 3.8) is 0 Å². The number of nitrogens with two attached hydrogens (primary N) is 1. The zero-order valence-corrected chi connectivity index (χ0v) is 8.55. The number of halogens is 3. The number of rotatable bonds is 3. The Morgan fingerprint density at radius 3 is 2.33 bits per heavy atom. The van der Waals surface area contributed by atoms with Gasteiger partial charge in [-0.15, -0.1) is 12.4 Å². The van der Waals surface area contributed by atoms with Gasteiger partial charge in [0.2, 0.25) is 6.43 Å². The fourth-order valence-electron chi connectivity index (χ4n) is 1.16. The molecule has 0 heterocycles. The normalized spacial score (nSPS) is 12.3. The van der Waals surface area contributed by atoms with Gasteiger partial charge in [-0.1, -0.05) is 6.07 Å². The molecule has 0 spiro atoms. The third-order valence-electron chi connectivity index (χ3n) is 1.85. The maximum Gasteiger partial charge on any atom is 0.240 e. The Bertz CT molecular complexity index is 323. The van der Waals surface area contributed by atoms with Crippen LogP contribution in [0.1, 0.15) is 18.0 Å². The van der Waals surface area contributed by atoms with Gasteiger partial charge in [0.05, 0.1) is 0 Å². The highest BCUT2D eigenvalue weighted by Crippen LogP contribution is 2.29. The van der Waals surface area contributed by atoms with Crippen LogP contribution in [0.3, 0.4) is 0 Å². The van der Waals surface area contributed by atoms with Crippen molar-refractivity contribution in [1.29, 1.82) is 0 Å². The number of alkyl halides is 2. The highest BCUT2D eigenvalue weighted by Gasteiger charge is 2.16. The minimum absolute atomic E-state index is 0. The zero-order valence-electron chi connectivity index (χ0n) is 7.73. The quantitative estimate of drug-likeness (QED) is 0.757. The number of hydrogen-bond acceptors (Lipinski definition) is 3. The summed E-state index contributed by atoms with van der Waals surface area (Å²) >= 11 is 0. The molecule has 4 N–H and O–H groups in total. The van der Waals surface area contributed by atoms with Crippen molar-refractivity contribution in [3.8, 4) is 11.5 Å². The van der Waals surface area contributed by atoms with Crippen LogP contribution in [0.25, 0.3) is 0 Å². The third-order valence-corrected chi connectivity index (χ3v) is 1.85. The van der Waals surface area contributed by atoms with Crippen LogP contribution in [0.5, 0.6) is 11.5 Å². The molecule has 0 aliphatic carbocycles. The van der Waals surface area contributed by atoms with Crippen molar-refractivity contribution < 1.29 is 19.0 Å². The first-order valence-electron chi connectivity index (χ1n) is 4.06. The highest BCUT2D eigenvalue weighted by atomic mass is 35.5. The maximum atomic E-state index is 12.0. The minimum Gasteiger partial charge on any atom is -0.508 e. The molecule has 0 aromatic heterocycles.